The van der Waals surface area contributed by atoms with Crippen molar-refractivity contribution >= 4 is 29.0 Å². The highest BCUT2D eigenvalue weighted by Gasteiger charge is 2.56. The van der Waals surface area contributed by atoms with Crippen molar-refractivity contribution in [3.05, 3.63) is 54.1 Å². The molecule has 3 rings (SSSR count). The van der Waals surface area contributed by atoms with Gasteiger partial charge in [-0.1, -0.05) is 12.1 Å². The summed E-state index contributed by atoms with van der Waals surface area (Å²) in [5.74, 6) is -0.0844. The molecule has 2 aromatic rings. The fourth-order valence-electron chi connectivity index (χ4n) is 2.67. The molecule has 0 spiro atoms. The Morgan fingerprint density at radius 2 is 1.54 bits per heavy atom. The third kappa shape index (κ3) is 3.59. The van der Waals surface area contributed by atoms with Crippen LogP contribution in [0.25, 0.3) is 0 Å². The number of amides is 2. The number of methoxy groups -OCH3 is 1. The van der Waals surface area contributed by atoms with Gasteiger partial charge in [0.2, 0.25) is 11.8 Å². The van der Waals surface area contributed by atoms with Gasteiger partial charge in [-0.05, 0) is 56.2 Å². The van der Waals surface area contributed by atoms with Gasteiger partial charge in [0, 0.05) is 16.9 Å². The van der Waals surface area contributed by atoms with E-state index in [9.17, 15) is 14.4 Å². The van der Waals surface area contributed by atoms with Crippen LogP contribution in [0.1, 0.15) is 30.1 Å². The minimum absolute atomic E-state index is 0.0838. The Morgan fingerprint density at radius 3 is 2.08 bits per heavy atom. The summed E-state index contributed by atoms with van der Waals surface area (Å²) in [7, 11) is 1.57. The molecule has 0 heterocycles. The van der Waals surface area contributed by atoms with Gasteiger partial charge in [0.25, 0.3) is 0 Å². The van der Waals surface area contributed by atoms with Crippen LogP contribution in [-0.2, 0) is 9.59 Å². The molecule has 0 saturated heterocycles. The van der Waals surface area contributed by atoms with Gasteiger partial charge in [-0.3, -0.25) is 14.4 Å². The Kier molecular flexibility index (Phi) is 4.75. The molecule has 26 heavy (non-hydrogen) atoms. The monoisotopic (exact) mass is 352 g/mol. The van der Waals surface area contributed by atoms with Crippen molar-refractivity contribution in [1.29, 1.82) is 0 Å². The van der Waals surface area contributed by atoms with Crippen molar-refractivity contribution in [3.8, 4) is 5.75 Å². The van der Waals surface area contributed by atoms with Crippen molar-refractivity contribution in [2.24, 2.45) is 5.41 Å². The Labute approximate surface area is 151 Å². The standard InChI is InChI=1S/C20H20N2O4/c1-13(23)14-4-3-5-16(12-14)22-19(25)20(10-11-20)18(24)21-15-6-8-17(26-2)9-7-15/h3-9,12H,10-11H2,1-2H3,(H,21,24)(H,22,25). The fraction of sp³-hybridized carbons (Fsp3) is 0.250. The van der Waals surface area contributed by atoms with E-state index in [1.807, 2.05) is 0 Å². The number of benzene rings is 2. The molecule has 1 fully saturated rings. The number of Topliss-reactive ketones (excluding diaryl/α,β-unsaturated/α-hetero) is 1. The maximum atomic E-state index is 12.6. The first kappa shape index (κ1) is 17.7. The van der Waals surface area contributed by atoms with Gasteiger partial charge in [-0.15, -0.1) is 0 Å². The summed E-state index contributed by atoms with van der Waals surface area (Å²) in [6.45, 7) is 1.46. The van der Waals surface area contributed by atoms with Crippen molar-refractivity contribution in [1.82, 2.24) is 0 Å². The highest BCUT2D eigenvalue weighted by Crippen LogP contribution is 2.47. The highest BCUT2D eigenvalue weighted by molar-refractivity contribution is 6.17. The van der Waals surface area contributed by atoms with Crippen LogP contribution >= 0.6 is 0 Å². The highest BCUT2D eigenvalue weighted by atomic mass is 16.5. The molecule has 1 saturated carbocycles. The molecule has 6 heteroatoms. The number of hydrogen-bond acceptors (Lipinski definition) is 4. The van der Waals surface area contributed by atoms with Crippen LogP contribution in [0.2, 0.25) is 0 Å². The molecule has 0 unspecified atom stereocenters. The summed E-state index contributed by atoms with van der Waals surface area (Å²) in [5, 5.41) is 5.54. The van der Waals surface area contributed by atoms with Crippen LogP contribution in [0.4, 0.5) is 11.4 Å². The fourth-order valence-corrected chi connectivity index (χ4v) is 2.67. The van der Waals surface area contributed by atoms with E-state index in [-0.39, 0.29) is 17.6 Å². The Hall–Kier alpha value is -3.15. The Morgan fingerprint density at radius 1 is 0.923 bits per heavy atom. The topological polar surface area (TPSA) is 84.5 Å². The van der Waals surface area contributed by atoms with Gasteiger partial charge in [0.1, 0.15) is 11.2 Å². The van der Waals surface area contributed by atoms with Gasteiger partial charge in [-0.25, -0.2) is 0 Å². The zero-order valence-corrected chi connectivity index (χ0v) is 14.7. The second-order valence-electron chi connectivity index (χ2n) is 6.36. The second kappa shape index (κ2) is 7.00. The lowest BCUT2D eigenvalue weighted by atomic mass is 10.0. The minimum Gasteiger partial charge on any atom is -0.497 e. The van der Waals surface area contributed by atoms with E-state index in [4.69, 9.17) is 4.74 Å². The molecule has 2 aromatic carbocycles. The summed E-state index contributed by atoms with van der Waals surface area (Å²) >= 11 is 0. The van der Waals surface area contributed by atoms with Crippen LogP contribution in [0.3, 0.4) is 0 Å². The lowest BCUT2D eigenvalue weighted by molar-refractivity contribution is -0.131. The van der Waals surface area contributed by atoms with Crippen LogP contribution in [0.15, 0.2) is 48.5 Å². The number of ether oxygens (including phenoxy) is 1. The molecule has 2 N–H and O–H groups in total. The first-order valence-corrected chi connectivity index (χ1v) is 8.32. The van der Waals surface area contributed by atoms with Crippen molar-refractivity contribution < 1.29 is 19.1 Å². The normalized spacial score (nSPS) is 14.2. The SMILES string of the molecule is COc1ccc(NC(=O)C2(C(=O)Nc3cccc(C(C)=O)c3)CC2)cc1. The number of rotatable bonds is 6. The molecule has 0 atom stereocenters. The predicted octanol–water partition coefficient (Wildman–Crippen LogP) is 3.26. The van der Waals surface area contributed by atoms with Crippen LogP contribution < -0.4 is 15.4 Å². The molecule has 0 aromatic heterocycles. The van der Waals surface area contributed by atoms with Crippen molar-refractivity contribution in [3.63, 3.8) is 0 Å². The van der Waals surface area contributed by atoms with E-state index in [1.165, 1.54) is 6.92 Å². The van der Waals surface area contributed by atoms with E-state index in [1.54, 1.807) is 55.6 Å². The number of hydrogen-bond donors (Lipinski definition) is 2. The number of nitrogens with one attached hydrogen (secondary N) is 2. The second-order valence-corrected chi connectivity index (χ2v) is 6.36. The smallest absolute Gasteiger partial charge is 0.240 e. The molecule has 1 aliphatic carbocycles. The molecule has 0 aliphatic heterocycles. The van der Waals surface area contributed by atoms with Crippen LogP contribution in [-0.4, -0.2) is 24.7 Å². The van der Waals surface area contributed by atoms with Gasteiger partial charge in [0.05, 0.1) is 7.11 Å². The summed E-state index contributed by atoms with van der Waals surface area (Å²) < 4.78 is 5.08. The first-order chi connectivity index (χ1) is 12.4. The van der Waals surface area contributed by atoms with E-state index in [0.717, 1.165) is 0 Å². The molecular formula is C20H20N2O4. The number of anilines is 2. The molecule has 1 aliphatic rings. The average Bonchev–Trinajstić information content (AvgIpc) is 3.44. The Bertz CT molecular complexity index is 854. The summed E-state index contributed by atoms with van der Waals surface area (Å²) in [6.07, 6.45) is 0.987. The number of ketones is 1. The van der Waals surface area contributed by atoms with E-state index < -0.39 is 5.41 Å². The third-order valence-electron chi connectivity index (χ3n) is 4.49. The first-order valence-electron chi connectivity index (χ1n) is 8.32. The lowest BCUT2D eigenvalue weighted by Crippen LogP contribution is -2.35. The van der Waals surface area contributed by atoms with E-state index >= 15 is 0 Å². The van der Waals surface area contributed by atoms with Crippen LogP contribution in [0, 0.1) is 5.41 Å². The Balaban J connectivity index is 1.69. The lowest BCUT2D eigenvalue weighted by Gasteiger charge is -2.16. The number of carbonyl (C=O) groups is 3. The van der Waals surface area contributed by atoms with Crippen LogP contribution in [0.5, 0.6) is 5.75 Å². The average molecular weight is 352 g/mol. The summed E-state index contributed by atoms with van der Waals surface area (Å²) in [6, 6.07) is 13.6. The zero-order chi connectivity index (χ0) is 18.7. The molecule has 2 amide bonds. The molecular weight excluding hydrogens is 332 g/mol. The maximum absolute atomic E-state index is 12.6. The van der Waals surface area contributed by atoms with Gasteiger partial charge >= 0.3 is 0 Å². The van der Waals surface area contributed by atoms with E-state index in [0.29, 0.717) is 35.5 Å². The largest absolute Gasteiger partial charge is 0.497 e. The predicted molar refractivity (Wildman–Crippen MR) is 98.4 cm³/mol. The van der Waals surface area contributed by atoms with Gasteiger partial charge in [0.15, 0.2) is 5.78 Å². The summed E-state index contributed by atoms with van der Waals surface area (Å²) in [5.41, 5.74) is 0.557. The molecule has 0 radical (unpaired) electrons. The summed E-state index contributed by atoms with van der Waals surface area (Å²) in [4.78, 5) is 36.7. The quantitative estimate of drug-likeness (QED) is 0.617. The zero-order valence-electron chi connectivity index (χ0n) is 14.7. The van der Waals surface area contributed by atoms with Crippen molar-refractivity contribution in [2.75, 3.05) is 17.7 Å². The third-order valence-corrected chi connectivity index (χ3v) is 4.49. The molecule has 134 valence electrons. The van der Waals surface area contributed by atoms with Crippen molar-refractivity contribution in [2.45, 2.75) is 19.8 Å². The van der Waals surface area contributed by atoms with Gasteiger partial charge in [-0.2, -0.15) is 0 Å². The number of carbonyl (C=O) groups excluding carboxylic acids is 3. The minimum atomic E-state index is -1.06. The van der Waals surface area contributed by atoms with E-state index in [2.05, 4.69) is 10.6 Å². The van der Waals surface area contributed by atoms with Gasteiger partial charge < -0.3 is 15.4 Å². The maximum Gasteiger partial charge on any atom is 0.240 e. The molecule has 0 bridgehead atoms. The molecule has 6 nitrogen and oxygen atoms in total.